The Labute approximate surface area is 161 Å². The first-order chi connectivity index (χ1) is 11.0. The number of benzene rings is 2. The minimum Gasteiger partial charge on any atom is -0.490 e. The second-order valence-corrected chi connectivity index (χ2v) is 6.86. The molecule has 0 amide bonds. The molecule has 0 saturated heterocycles. The van der Waals surface area contributed by atoms with Crippen molar-refractivity contribution in [2.75, 3.05) is 6.61 Å². The molecule has 0 aliphatic heterocycles. The van der Waals surface area contributed by atoms with Crippen molar-refractivity contribution in [3.05, 3.63) is 54.4 Å². The van der Waals surface area contributed by atoms with Crippen LogP contribution in [-0.4, -0.2) is 12.9 Å². The predicted molar refractivity (Wildman–Crippen MR) is 99.2 cm³/mol. The zero-order valence-electron chi connectivity index (χ0n) is 12.0. The zero-order valence-corrected chi connectivity index (χ0v) is 16.7. The average molecular weight is 483 g/mol. The summed E-state index contributed by atoms with van der Waals surface area (Å²) in [5, 5.41) is 1.05. The number of carbonyl (C=O) groups is 1. The molecule has 0 radical (unpaired) electrons. The molecule has 23 heavy (non-hydrogen) atoms. The highest BCUT2D eigenvalue weighted by Gasteiger charge is 2.18. The van der Waals surface area contributed by atoms with Crippen LogP contribution in [0.1, 0.15) is 22.8 Å². The Morgan fingerprint density at radius 1 is 1.13 bits per heavy atom. The van der Waals surface area contributed by atoms with Crippen molar-refractivity contribution in [3.8, 4) is 11.5 Å². The van der Waals surface area contributed by atoms with Gasteiger partial charge in [0.1, 0.15) is 6.61 Å². The molecule has 122 valence electrons. The van der Waals surface area contributed by atoms with Gasteiger partial charge in [-0.2, -0.15) is 0 Å². The van der Waals surface area contributed by atoms with E-state index in [0.29, 0.717) is 48.2 Å². The highest BCUT2D eigenvalue weighted by atomic mass is 79.9. The molecular formula is C16H12Br2Cl2O3. The molecule has 0 fully saturated rings. The van der Waals surface area contributed by atoms with Gasteiger partial charge in [-0.25, -0.2) is 0 Å². The lowest BCUT2D eigenvalue weighted by Crippen LogP contribution is -2.03. The van der Waals surface area contributed by atoms with Crippen LogP contribution < -0.4 is 9.47 Å². The van der Waals surface area contributed by atoms with Crippen molar-refractivity contribution >= 4 is 61.3 Å². The molecular weight excluding hydrogens is 471 g/mol. The van der Waals surface area contributed by atoms with Gasteiger partial charge in [0.05, 0.1) is 11.1 Å². The first kappa shape index (κ1) is 18.6. The van der Waals surface area contributed by atoms with Crippen molar-refractivity contribution in [2.24, 2.45) is 0 Å². The summed E-state index contributed by atoms with van der Waals surface area (Å²) in [5.74, 6) is 0.938. The molecule has 7 heteroatoms. The zero-order chi connectivity index (χ0) is 17.0. The van der Waals surface area contributed by atoms with Crippen molar-refractivity contribution in [2.45, 2.75) is 13.5 Å². The largest absolute Gasteiger partial charge is 0.490 e. The summed E-state index contributed by atoms with van der Waals surface area (Å²) in [6.07, 6.45) is 0.742. The van der Waals surface area contributed by atoms with Gasteiger partial charge in [-0.15, -0.1) is 0 Å². The maximum atomic E-state index is 11.1. The molecule has 0 bridgehead atoms. The van der Waals surface area contributed by atoms with E-state index < -0.39 is 0 Å². The van der Waals surface area contributed by atoms with Crippen LogP contribution in [0, 0.1) is 0 Å². The Hall–Kier alpha value is -0.750. The number of halogens is 4. The van der Waals surface area contributed by atoms with Gasteiger partial charge in [0, 0.05) is 25.6 Å². The first-order valence-corrected chi connectivity index (χ1v) is 8.99. The lowest BCUT2D eigenvalue weighted by molar-refractivity contribution is 0.112. The fourth-order valence-corrected chi connectivity index (χ4v) is 3.34. The molecule has 0 unspecified atom stereocenters. The second kappa shape index (κ2) is 8.38. The normalized spacial score (nSPS) is 10.5. The van der Waals surface area contributed by atoms with E-state index in [2.05, 4.69) is 31.9 Å². The van der Waals surface area contributed by atoms with Gasteiger partial charge in [-0.05, 0) is 57.0 Å². The van der Waals surface area contributed by atoms with E-state index in [4.69, 9.17) is 32.7 Å². The number of hydrogen-bond acceptors (Lipinski definition) is 3. The molecule has 3 nitrogen and oxygen atoms in total. The maximum Gasteiger partial charge on any atom is 0.177 e. The average Bonchev–Trinajstić information content (AvgIpc) is 2.52. The standard InChI is InChI=1S/C16H12Br2Cl2O3/c1-2-22-13-6-9(7-21)14(17)15(18)16(13)23-8-10-11(19)4-3-5-12(10)20/h3-7H,2,8H2,1H3. The van der Waals surface area contributed by atoms with Gasteiger partial charge in [0.25, 0.3) is 0 Å². The highest BCUT2D eigenvalue weighted by molar-refractivity contribution is 9.13. The summed E-state index contributed by atoms with van der Waals surface area (Å²) in [4.78, 5) is 11.1. The Bertz CT molecular complexity index is 716. The summed E-state index contributed by atoms with van der Waals surface area (Å²) in [7, 11) is 0. The van der Waals surface area contributed by atoms with E-state index in [0.717, 1.165) is 6.29 Å². The van der Waals surface area contributed by atoms with Crippen LogP contribution >= 0.6 is 55.1 Å². The number of aldehydes is 1. The van der Waals surface area contributed by atoms with E-state index in [1.165, 1.54) is 0 Å². The van der Waals surface area contributed by atoms with Crippen LogP contribution in [0.4, 0.5) is 0 Å². The summed E-state index contributed by atoms with van der Waals surface area (Å²) < 4.78 is 12.6. The predicted octanol–water partition coefficient (Wildman–Crippen LogP) is 6.31. The summed E-state index contributed by atoms with van der Waals surface area (Å²) >= 11 is 19.1. The molecule has 0 aromatic heterocycles. The fourth-order valence-electron chi connectivity index (χ4n) is 1.90. The quantitative estimate of drug-likeness (QED) is 0.453. The lowest BCUT2D eigenvalue weighted by atomic mass is 10.2. The molecule has 2 aromatic carbocycles. The Kier molecular flexibility index (Phi) is 6.77. The molecule has 0 saturated carbocycles. The van der Waals surface area contributed by atoms with Crippen molar-refractivity contribution in [1.82, 2.24) is 0 Å². The Balaban J connectivity index is 2.39. The van der Waals surface area contributed by atoms with Crippen molar-refractivity contribution < 1.29 is 14.3 Å². The van der Waals surface area contributed by atoms with Crippen LogP contribution in [0.3, 0.4) is 0 Å². The second-order valence-electron chi connectivity index (χ2n) is 4.46. The number of rotatable bonds is 6. The third kappa shape index (κ3) is 4.21. The first-order valence-electron chi connectivity index (χ1n) is 6.65. The van der Waals surface area contributed by atoms with Gasteiger partial charge in [0.15, 0.2) is 17.8 Å². The molecule has 0 spiro atoms. The summed E-state index contributed by atoms with van der Waals surface area (Å²) in [5.41, 5.74) is 1.14. The van der Waals surface area contributed by atoms with Gasteiger partial charge in [-0.3, -0.25) is 4.79 Å². The van der Waals surface area contributed by atoms with Crippen molar-refractivity contribution in [3.63, 3.8) is 0 Å². The van der Waals surface area contributed by atoms with Gasteiger partial charge < -0.3 is 9.47 Å². The van der Waals surface area contributed by atoms with E-state index in [1.54, 1.807) is 24.3 Å². The molecule has 0 aliphatic rings. The number of hydrogen-bond donors (Lipinski definition) is 0. The highest BCUT2D eigenvalue weighted by Crippen LogP contribution is 2.43. The molecule has 2 aromatic rings. The Morgan fingerprint density at radius 2 is 1.78 bits per heavy atom. The van der Waals surface area contributed by atoms with E-state index >= 15 is 0 Å². The molecule has 0 atom stereocenters. The monoisotopic (exact) mass is 480 g/mol. The molecule has 0 N–H and O–H groups in total. The van der Waals surface area contributed by atoms with E-state index in [9.17, 15) is 4.79 Å². The summed E-state index contributed by atoms with van der Waals surface area (Å²) in [6.45, 7) is 2.46. The topological polar surface area (TPSA) is 35.5 Å². The van der Waals surface area contributed by atoms with Gasteiger partial charge >= 0.3 is 0 Å². The van der Waals surface area contributed by atoms with Crippen molar-refractivity contribution in [1.29, 1.82) is 0 Å². The third-order valence-corrected chi connectivity index (χ3v) is 5.86. The third-order valence-electron chi connectivity index (χ3n) is 3.01. The minimum atomic E-state index is 0.171. The van der Waals surface area contributed by atoms with Crippen LogP contribution in [0.5, 0.6) is 11.5 Å². The minimum absolute atomic E-state index is 0.171. The SMILES string of the molecule is CCOc1cc(C=O)c(Br)c(Br)c1OCc1c(Cl)cccc1Cl. The van der Waals surface area contributed by atoms with Crippen LogP contribution in [0.15, 0.2) is 33.2 Å². The Morgan fingerprint density at radius 3 is 2.35 bits per heavy atom. The van der Waals surface area contributed by atoms with E-state index in [-0.39, 0.29) is 6.61 Å². The van der Waals surface area contributed by atoms with Crippen LogP contribution in [0.2, 0.25) is 10.0 Å². The fraction of sp³-hybridized carbons (Fsp3) is 0.188. The van der Waals surface area contributed by atoms with E-state index in [1.807, 2.05) is 6.92 Å². The van der Waals surface area contributed by atoms with Gasteiger partial charge in [0.2, 0.25) is 0 Å². The molecule has 0 aliphatic carbocycles. The van der Waals surface area contributed by atoms with Gasteiger partial charge in [-0.1, -0.05) is 29.3 Å². The maximum absolute atomic E-state index is 11.1. The van der Waals surface area contributed by atoms with Crippen LogP contribution in [0.25, 0.3) is 0 Å². The number of carbonyl (C=O) groups excluding carboxylic acids is 1. The summed E-state index contributed by atoms with van der Waals surface area (Å²) in [6, 6.07) is 6.88. The lowest BCUT2D eigenvalue weighted by Gasteiger charge is -2.16. The molecule has 2 rings (SSSR count). The molecule has 0 heterocycles. The number of ether oxygens (including phenoxy) is 2. The van der Waals surface area contributed by atoms with Crippen LogP contribution in [-0.2, 0) is 6.61 Å². The smallest absolute Gasteiger partial charge is 0.177 e.